The second-order valence-electron chi connectivity index (χ2n) is 4.11. The van der Waals surface area contributed by atoms with Gasteiger partial charge in [-0.3, -0.25) is 0 Å². The van der Waals surface area contributed by atoms with Crippen molar-refractivity contribution in [2.75, 3.05) is 25.6 Å². The first-order valence-electron chi connectivity index (χ1n) is 6.83. The molecule has 1 rings (SSSR count). The SMILES string of the molecule is CCO[Si](CCS)(OCC)OCCc1ccccc1. The lowest BCUT2D eigenvalue weighted by Crippen LogP contribution is -2.46. The first kappa shape index (κ1) is 16.7. The van der Waals surface area contributed by atoms with Crippen molar-refractivity contribution in [3.8, 4) is 0 Å². The van der Waals surface area contributed by atoms with Crippen molar-refractivity contribution in [3.63, 3.8) is 0 Å². The van der Waals surface area contributed by atoms with E-state index in [1.165, 1.54) is 5.56 Å². The highest BCUT2D eigenvalue weighted by atomic mass is 32.1. The van der Waals surface area contributed by atoms with Gasteiger partial charge in [-0.25, -0.2) is 0 Å². The first-order valence-corrected chi connectivity index (χ1v) is 9.39. The molecule has 0 aliphatic carbocycles. The fourth-order valence-corrected chi connectivity index (χ4v) is 4.96. The van der Waals surface area contributed by atoms with Crippen LogP contribution in [0.25, 0.3) is 0 Å². The van der Waals surface area contributed by atoms with Gasteiger partial charge in [0.05, 0.1) is 0 Å². The number of benzene rings is 1. The summed E-state index contributed by atoms with van der Waals surface area (Å²) < 4.78 is 17.6. The Labute approximate surface area is 123 Å². The molecule has 0 bridgehead atoms. The smallest absolute Gasteiger partial charge is 0.374 e. The lowest BCUT2D eigenvalue weighted by Gasteiger charge is -2.28. The molecule has 0 unspecified atom stereocenters. The molecule has 3 nitrogen and oxygen atoms in total. The zero-order valence-corrected chi connectivity index (χ0v) is 13.7. The Balaban J connectivity index is 2.51. The van der Waals surface area contributed by atoms with Crippen LogP contribution in [0.2, 0.25) is 6.04 Å². The highest BCUT2D eigenvalue weighted by Crippen LogP contribution is 2.17. The van der Waals surface area contributed by atoms with Gasteiger partial charge in [0.1, 0.15) is 0 Å². The Bertz CT molecular complexity index is 318. The molecule has 108 valence electrons. The molecule has 1 aromatic rings. The molecule has 0 spiro atoms. The van der Waals surface area contributed by atoms with E-state index in [0.717, 1.165) is 18.2 Å². The number of hydrogen-bond donors (Lipinski definition) is 1. The average molecular weight is 300 g/mol. The van der Waals surface area contributed by atoms with Crippen molar-refractivity contribution in [2.45, 2.75) is 26.3 Å². The van der Waals surface area contributed by atoms with E-state index in [4.69, 9.17) is 13.3 Å². The van der Waals surface area contributed by atoms with E-state index in [2.05, 4.69) is 24.8 Å². The summed E-state index contributed by atoms with van der Waals surface area (Å²) in [6.45, 7) is 5.81. The van der Waals surface area contributed by atoms with Gasteiger partial charge in [0.25, 0.3) is 0 Å². The average Bonchev–Trinajstić information content (AvgIpc) is 2.41. The second-order valence-corrected chi connectivity index (χ2v) is 7.29. The molecule has 1 aromatic carbocycles. The van der Waals surface area contributed by atoms with E-state index in [1.807, 2.05) is 32.0 Å². The maximum atomic E-state index is 6.00. The fraction of sp³-hybridized carbons (Fsp3) is 0.571. The zero-order valence-electron chi connectivity index (χ0n) is 11.8. The quantitative estimate of drug-likeness (QED) is 0.531. The van der Waals surface area contributed by atoms with Gasteiger partial charge in [-0.15, -0.1) is 0 Å². The summed E-state index contributed by atoms with van der Waals surface area (Å²) in [5.41, 5.74) is 1.27. The zero-order chi connectivity index (χ0) is 14.0. The van der Waals surface area contributed by atoms with Crippen molar-refractivity contribution in [3.05, 3.63) is 35.9 Å². The minimum absolute atomic E-state index is 0.616. The standard InChI is InChI=1S/C14H24O3SSi/c1-3-15-19(13-12-18,16-4-2)17-11-10-14-8-6-5-7-9-14/h5-9,18H,3-4,10-13H2,1-2H3. The maximum absolute atomic E-state index is 6.00. The molecule has 5 heteroatoms. The van der Waals surface area contributed by atoms with Crippen molar-refractivity contribution in [1.29, 1.82) is 0 Å². The summed E-state index contributed by atoms with van der Waals surface area (Å²) in [5.74, 6) is 0.720. The Morgan fingerprint density at radius 1 is 1.00 bits per heavy atom. The molecular formula is C14H24O3SSi. The van der Waals surface area contributed by atoms with Crippen LogP contribution in [0.3, 0.4) is 0 Å². The molecule has 0 aromatic heterocycles. The van der Waals surface area contributed by atoms with Crippen molar-refractivity contribution in [1.82, 2.24) is 0 Å². The van der Waals surface area contributed by atoms with Crippen LogP contribution in [0.15, 0.2) is 30.3 Å². The van der Waals surface area contributed by atoms with E-state index in [9.17, 15) is 0 Å². The van der Waals surface area contributed by atoms with E-state index < -0.39 is 8.80 Å². The predicted octanol–water partition coefficient (Wildman–Crippen LogP) is 3.19. The Morgan fingerprint density at radius 2 is 1.63 bits per heavy atom. The van der Waals surface area contributed by atoms with E-state index in [1.54, 1.807) is 0 Å². The van der Waals surface area contributed by atoms with Crippen LogP contribution < -0.4 is 0 Å². The summed E-state index contributed by atoms with van der Waals surface area (Å²) in [5, 5.41) is 0. The monoisotopic (exact) mass is 300 g/mol. The third kappa shape index (κ3) is 6.10. The van der Waals surface area contributed by atoms with Gasteiger partial charge < -0.3 is 13.3 Å². The van der Waals surface area contributed by atoms with Crippen LogP contribution in [-0.2, 0) is 19.7 Å². The lowest BCUT2D eigenvalue weighted by molar-refractivity contribution is 0.0695. The molecule has 0 saturated heterocycles. The van der Waals surface area contributed by atoms with Gasteiger partial charge in [0.2, 0.25) is 0 Å². The van der Waals surface area contributed by atoms with Crippen LogP contribution >= 0.6 is 12.6 Å². The Hall–Kier alpha value is -0.333. The van der Waals surface area contributed by atoms with Gasteiger partial charge in [0, 0.05) is 25.9 Å². The van der Waals surface area contributed by atoms with E-state index in [-0.39, 0.29) is 0 Å². The van der Waals surface area contributed by atoms with Gasteiger partial charge >= 0.3 is 8.80 Å². The van der Waals surface area contributed by atoms with Crippen molar-refractivity contribution >= 4 is 21.4 Å². The lowest BCUT2D eigenvalue weighted by atomic mass is 10.2. The molecule has 0 aliphatic rings. The predicted molar refractivity (Wildman–Crippen MR) is 83.8 cm³/mol. The van der Waals surface area contributed by atoms with Gasteiger partial charge in [-0.05, 0) is 31.6 Å². The summed E-state index contributed by atoms with van der Waals surface area (Å²) in [4.78, 5) is 0. The van der Waals surface area contributed by atoms with Crippen molar-refractivity contribution in [2.24, 2.45) is 0 Å². The largest absolute Gasteiger partial charge is 0.501 e. The topological polar surface area (TPSA) is 27.7 Å². The minimum Gasteiger partial charge on any atom is -0.374 e. The molecule has 0 heterocycles. The molecule has 0 fully saturated rings. The van der Waals surface area contributed by atoms with Crippen LogP contribution in [0.1, 0.15) is 19.4 Å². The minimum atomic E-state index is -2.53. The molecule has 0 amide bonds. The van der Waals surface area contributed by atoms with Crippen LogP contribution in [0.4, 0.5) is 0 Å². The summed E-state index contributed by atoms with van der Waals surface area (Å²) >= 11 is 4.29. The highest BCUT2D eigenvalue weighted by molar-refractivity contribution is 7.80. The first-order chi connectivity index (χ1) is 9.26. The van der Waals surface area contributed by atoms with Crippen molar-refractivity contribution < 1.29 is 13.3 Å². The second kappa shape index (κ2) is 9.55. The molecule has 19 heavy (non-hydrogen) atoms. The van der Waals surface area contributed by atoms with Gasteiger partial charge in [0.15, 0.2) is 0 Å². The Morgan fingerprint density at radius 3 is 2.16 bits per heavy atom. The maximum Gasteiger partial charge on any atom is 0.501 e. The van der Waals surface area contributed by atoms with Crippen LogP contribution in [-0.4, -0.2) is 34.4 Å². The highest BCUT2D eigenvalue weighted by Gasteiger charge is 2.39. The van der Waals surface area contributed by atoms with Crippen LogP contribution in [0, 0.1) is 0 Å². The third-order valence-corrected chi connectivity index (χ3v) is 6.31. The third-order valence-electron chi connectivity index (χ3n) is 2.70. The van der Waals surface area contributed by atoms with E-state index >= 15 is 0 Å². The molecule has 0 aliphatic heterocycles. The molecular weight excluding hydrogens is 276 g/mol. The fourth-order valence-electron chi connectivity index (χ4n) is 1.89. The summed E-state index contributed by atoms with van der Waals surface area (Å²) in [6, 6.07) is 11.1. The molecule has 0 N–H and O–H groups in total. The summed E-state index contributed by atoms with van der Waals surface area (Å²) in [7, 11) is -2.53. The van der Waals surface area contributed by atoms with E-state index in [0.29, 0.717) is 19.8 Å². The number of hydrogen-bond acceptors (Lipinski definition) is 4. The number of rotatable bonds is 10. The molecule has 0 radical (unpaired) electrons. The molecule has 0 atom stereocenters. The number of thiol groups is 1. The van der Waals surface area contributed by atoms with Gasteiger partial charge in [-0.1, -0.05) is 30.3 Å². The summed E-state index contributed by atoms with van der Waals surface area (Å²) in [6.07, 6.45) is 0.877. The Kier molecular flexibility index (Phi) is 8.41. The van der Waals surface area contributed by atoms with Gasteiger partial charge in [-0.2, -0.15) is 12.6 Å². The normalized spacial score (nSPS) is 11.7. The molecule has 0 saturated carbocycles. The van der Waals surface area contributed by atoms with Crippen LogP contribution in [0.5, 0.6) is 0 Å².